The number of nitrogens with one attached hydrogen (secondary N) is 2. The lowest BCUT2D eigenvalue weighted by Crippen LogP contribution is -2.20. The average Bonchev–Trinajstić information content (AvgIpc) is 2.61. The van der Waals surface area contributed by atoms with Gasteiger partial charge in [0, 0.05) is 26.2 Å². The lowest BCUT2D eigenvalue weighted by molar-refractivity contribution is -0.388. The molecule has 0 aliphatic rings. The van der Waals surface area contributed by atoms with Crippen LogP contribution in [-0.4, -0.2) is 40.4 Å². The number of ether oxygens (including phenoxy) is 2. The summed E-state index contributed by atoms with van der Waals surface area (Å²) in [5.74, 6) is -1.16. The van der Waals surface area contributed by atoms with Crippen LogP contribution in [0, 0.1) is 10.1 Å². The second-order valence-electron chi connectivity index (χ2n) is 4.95. The van der Waals surface area contributed by atoms with Crippen molar-refractivity contribution in [2.75, 3.05) is 24.3 Å². The second kappa shape index (κ2) is 8.76. The minimum absolute atomic E-state index is 0.00290. The lowest BCUT2D eigenvalue weighted by Gasteiger charge is -2.10. The van der Waals surface area contributed by atoms with Crippen LogP contribution in [0.15, 0.2) is 24.5 Å². The standard InChI is InChI=1S/C15H14ClN5O6/c1-8(22)26-7-12(23)20-11-5-9(3-4-18-11)27-10-6-19-15(21(24)25)14(17-2)13(10)16/h3-6,17H,7H2,1-2H3,(H,18,20,23). The number of hydrogen-bond acceptors (Lipinski definition) is 9. The molecule has 2 rings (SSSR count). The van der Waals surface area contributed by atoms with Gasteiger partial charge in [0.2, 0.25) is 0 Å². The summed E-state index contributed by atoms with van der Waals surface area (Å²) in [6, 6.07) is 2.88. The maximum absolute atomic E-state index is 11.7. The number of nitro groups is 1. The van der Waals surface area contributed by atoms with Crippen molar-refractivity contribution in [2.24, 2.45) is 0 Å². The Kier molecular flexibility index (Phi) is 6.44. The molecule has 0 saturated heterocycles. The van der Waals surface area contributed by atoms with E-state index in [9.17, 15) is 19.7 Å². The summed E-state index contributed by atoms with van der Waals surface area (Å²) in [5.41, 5.74) is 0.00290. The molecule has 0 fully saturated rings. The van der Waals surface area contributed by atoms with Crippen LogP contribution in [0.5, 0.6) is 11.5 Å². The van der Waals surface area contributed by atoms with Crippen LogP contribution in [-0.2, 0) is 14.3 Å². The molecule has 0 unspecified atom stereocenters. The maximum Gasteiger partial charge on any atom is 0.388 e. The van der Waals surface area contributed by atoms with Gasteiger partial charge in [-0.15, -0.1) is 0 Å². The van der Waals surface area contributed by atoms with Gasteiger partial charge in [-0.05, 0) is 16.0 Å². The Bertz CT molecular complexity index is 891. The first kappa shape index (κ1) is 19.8. The van der Waals surface area contributed by atoms with Gasteiger partial charge in [-0.3, -0.25) is 9.59 Å². The molecule has 12 heteroatoms. The van der Waals surface area contributed by atoms with Crippen LogP contribution in [0.2, 0.25) is 5.02 Å². The van der Waals surface area contributed by atoms with Crippen molar-refractivity contribution in [3.05, 3.63) is 39.7 Å². The Balaban J connectivity index is 2.18. The molecule has 11 nitrogen and oxygen atoms in total. The van der Waals surface area contributed by atoms with Crippen LogP contribution in [0.4, 0.5) is 17.3 Å². The van der Waals surface area contributed by atoms with Gasteiger partial charge in [0.1, 0.15) is 16.6 Å². The third-order valence-corrected chi connectivity index (χ3v) is 3.39. The summed E-state index contributed by atoms with van der Waals surface area (Å²) in [6.07, 6.45) is 2.48. The first-order chi connectivity index (χ1) is 12.8. The number of esters is 1. The van der Waals surface area contributed by atoms with Crippen LogP contribution in [0.1, 0.15) is 6.92 Å². The van der Waals surface area contributed by atoms with Crippen LogP contribution >= 0.6 is 11.6 Å². The number of pyridine rings is 2. The molecule has 0 saturated carbocycles. The van der Waals surface area contributed by atoms with Crippen molar-refractivity contribution in [2.45, 2.75) is 6.92 Å². The second-order valence-corrected chi connectivity index (χ2v) is 5.33. The van der Waals surface area contributed by atoms with E-state index in [4.69, 9.17) is 16.3 Å². The Morgan fingerprint density at radius 1 is 1.37 bits per heavy atom. The highest BCUT2D eigenvalue weighted by molar-refractivity contribution is 6.35. The molecule has 2 aromatic rings. The molecule has 2 aromatic heterocycles. The van der Waals surface area contributed by atoms with E-state index in [0.717, 1.165) is 6.20 Å². The normalized spacial score (nSPS) is 10.0. The first-order valence-corrected chi connectivity index (χ1v) is 7.77. The highest BCUT2D eigenvalue weighted by atomic mass is 35.5. The van der Waals surface area contributed by atoms with Crippen molar-refractivity contribution in [3.63, 3.8) is 0 Å². The van der Waals surface area contributed by atoms with Crippen molar-refractivity contribution in [1.29, 1.82) is 0 Å². The van der Waals surface area contributed by atoms with Crippen molar-refractivity contribution >= 4 is 40.8 Å². The number of amides is 1. The third-order valence-electron chi connectivity index (χ3n) is 3.02. The number of halogens is 1. The third kappa shape index (κ3) is 5.25. The van der Waals surface area contributed by atoms with E-state index in [2.05, 4.69) is 25.3 Å². The van der Waals surface area contributed by atoms with Crippen molar-refractivity contribution in [3.8, 4) is 11.5 Å². The van der Waals surface area contributed by atoms with E-state index in [0.29, 0.717) is 0 Å². The fourth-order valence-electron chi connectivity index (χ4n) is 1.91. The van der Waals surface area contributed by atoms with Gasteiger partial charge in [-0.25, -0.2) is 4.98 Å². The van der Waals surface area contributed by atoms with Crippen molar-refractivity contribution < 1.29 is 24.0 Å². The fourth-order valence-corrected chi connectivity index (χ4v) is 2.18. The molecule has 0 radical (unpaired) electrons. The predicted molar refractivity (Wildman–Crippen MR) is 95.0 cm³/mol. The number of anilines is 2. The summed E-state index contributed by atoms with van der Waals surface area (Å²) in [7, 11) is 1.46. The largest absolute Gasteiger partial charge is 0.456 e. The zero-order chi connectivity index (χ0) is 20.0. The van der Waals surface area contributed by atoms with E-state index >= 15 is 0 Å². The van der Waals surface area contributed by atoms with Gasteiger partial charge >= 0.3 is 11.8 Å². The Morgan fingerprint density at radius 2 is 2.11 bits per heavy atom. The predicted octanol–water partition coefficient (Wildman–Crippen LogP) is 2.37. The monoisotopic (exact) mass is 395 g/mol. The molecule has 1 amide bonds. The Hall–Kier alpha value is -3.47. The molecule has 0 atom stereocenters. The van der Waals surface area contributed by atoms with Gasteiger partial charge in [-0.2, -0.15) is 0 Å². The minimum Gasteiger partial charge on any atom is -0.456 e. The van der Waals surface area contributed by atoms with E-state index in [-0.39, 0.29) is 28.0 Å². The molecule has 0 aromatic carbocycles. The van der Waals surface area contributed by atoms with Gasteiger partial charge in [0.25, 0.3) is 5.91 Å². The highest BCUT2D eigenvalue weighted by Crippen LogP contribution is 2.39. The summed E-state index contributed by atoms with van der Waals surface area (Å²) in [4.78, 5) is 40.3. The quantitative estimate of drug-likeness (QED) is 0.409. The maximum atomic E-state index is 11.7. The van der Waals surface area contributed by atoms with Crippen LogP contribution < -0.4 is 15.4 Å². The molecular weight excluding hydrogens is 382 g/mol. The summed E-state index contributed by atoms with van der Waals surface area (Å²) in [5, 5.41) is 16.0. The van der Waals surface area contributed by atoms with Gasteiger partial charge in [0.05, 0.1) is 0 Å². The van der Waals surface area contributed by atoms with E-state index < -0.39 is 29.2 Å². The van der Waals surface area contributed by atoms with Gasteiger partial charge in [0.15, 0.2) is 24.2 Å². The number of rotatable bonds is 7. The molecule has 0 bridgehead atoms. The number of carbonyl (C=O) groups excluding carboxylic acids is 2. The summed E-state index contributed by atoms with van der Waals surface area (Å²) < 4.78 is 10.1. The highest BCUT2D eigenvalue weighted by Gasteiger charge is 2.22. The average molecular weight is 396 g/mol. The summed E-state index contributed by atoms with van der Waals surface area (Å²) in [6.45, 7) is 0.729. The Morgan fingerprint density at radius 3 is 2.74 bits per heavy atom. The van der Waals surface area contributed by atoms with Crippen LogP contribution in [0.25, 0.3) is 0 Å². The molecular formula is C15H14ClN5O6. The number of hydrogen-bond donors (Lipinski definition) is 2. The molecule has 0 spiro atoms. The Labute approximate surface area is 157 Å². The summed E-state index contributed by atoms with van der Waals surface area (Å²) >= 11 is 6.14. The zero-order valence-corrected chi connectivity index (χ0v) is 14.9. The zero-order valence-electron chi connectivity index (χ0n) is 14.2. The smallest absolute Gasteiger partial charge is 0.388 e. The first-order valence-electron chi connectivity index (χ1n) is 7.39. The van der Waals surface area contributed by atoms with Crippen LogP contribution in [0.3, 0.4) is 0 Å². The van der Waals surface area contributed by atoms with Gasteiger partial charge < -0.3 is 30.2 Å². The number of aromatic nitrogens is 2. The molecule has 2 N–H and O–H groups in total. The molecule has 142 valence electrons. The molecule has 27 heavy (non-hydrogen) atoms. The van der Waals surface area contributed by atoms with E-state index in [1.54, 1.807) is 0 Å². The molecule has 0 aliphatic heterocycles. The van der Waals surface area contributed by atoms with Crippen molar-refractivity contribution in [1.82, 2.24) is 9.97 Å². The van der Waals surface area contributed by atoms with E-state index in [1.807, 2.05) is 0 Å². The molecule has 2 heterocycles. The minimum atomic E-state index is -0.676. The number of carbonyl (C=O) groups is 2. The fraction of sp³-hybridized carbons (Fsp3) is 0.200. The number of nitrogens with zero attached hydrogens (tertiary/aromatic N) is 3. The SMILES string of the molecule is CNc1c([N+](=O)[O-])ncc(Oc2ccnc(NC(=O)COC(C)=O)c2)c1Cl. The van der Waals surface area contributed by atoms with E-state index in [1.165, 1.54) is 32.3 Å². The lowest BCUT2D eigenvalue weighted by atomic mass is 10.3. The van der Waals surface area contributed by atoms with Gasteiger partial charge in [-0.1, -0.05) is 11.6 Å². The topological polar surface area (TPSA) is 146 Å². The molecule has 0 aliphatic carbocycles.